The molecule has 4 rings (SSSR count). The van der Waals surface area contributed by atoms with E-state index in [4.69, 9.17) is 5.41 Å². The van der Waals surface area contributed by atoms with Crippen LogP contribution in [0, 0.1) is 5.41 Å². The molecule has 2 aromatic carbocycles. The van der Waals surface area contributed by atoms with Gasteiger partial charge in [-0.1, -0.05) is 12.1 Å². The molecular formula is C18H14N4O3. The fraction of sp³-hybridized carbons (Fsp3) is 0.0556. The lowest BCUT2D eigenvalue weighted by Gasteiger charge is -2.18. The third-order valence-electron chi connectivity index (χ3n) is 4.11. The van der Waals surface area contributed by atoms with Crippen molar-refractivity contribution in [2.24, 2.45) is 0 Å². The molecule has 0 amide bonds. The first-order valence-electron chi connectivity index (χ1n) is 7.61. The highest BCUT2D eigenvalue weighted by molar-refractivity contribution is 6.30. The Kier molecular flexibility index (Phi) is 3.28. The molecule has 0 atom stereocenters. The average molecular weight is 334 g/mol. The van der Waals surface area contributed by atoms with Crippen molar-refractivity contribution in [3.63, 3.8) is 0 Å². The smallest absolute Gasteiger partial charge is 0.259 e. The predicted octanol–water partition coefficient (Wildman–Crippen LogP) is 2.40. The van der Waals surface area contributed by atoms with Gasteiger partial charge in [0.15, 0.2) is 0 Å². The Labute approximate surface area is 142 Å². The Balaban J connectivity index is 1.78. The predicted molar refractivity (Wildman–Crippen MR) is 95.1 cm³/mol. The molecule has 1 aliphatic rings. The van der Waals surface area contributed by atoms with Crippen molar-refractivity contribution in [1.82, 2.24) is 9.97 Å². The number of anilines is 1. The lowest BCUT2D eigenvalue weighted by atomic mass is 10.2. The zero-order valence-electron chi connectivity index (χ0n) is 13.0. The largest absolute Gasteiger partial charge is 0.509 e. The molecule has 3 aromatic rings. The zero-order chi connectivity index (χ0) is 17.6. The molecule has 0 aliphatic carbocycles. The van der Waals surface area contributed by atoms with Crippen LogP contribution < -0.4 is 10.5 Å². The number of para-hydroxylation sites is 1. The quantitative estimate of drug-likeness (QED) is 0.575. The van der Waals surface area contributed by atoms with Crippen molar-refractivity contribution in [2.75, 3.05) is 11.4 Å². The summed E-state index contributed by atoms with van der Waals surface area (Å²) in [6.07, 6.45) is 0. The second-order valence-electron chi connectivity index (χ2n) is 5.70. The van der Waals surface area contributed by atoms with Crippen molar-refractivity contribution in [2.45, 2.75) is 0 Å². The van der Waals surface area contributed by atoms with Gasteiger partial charge in [0.1, 0.15) is 23.2 Å². The van der Waals surface area contributed by atoms with E-state index in [1.165, 1.54) is 12.1 Å². The molecule has 25 heavy (non-hydrogen) atoms. The molecule has 0 unspecified atom stereocenters. The van der Waals surface area contributed by atoms with Crippen LogP contribution in [-0.4, -0.2) is 32.6 Å². The van der Waals surface area contributed by atoms with Gasteiger partial charge in [0, 0.05) is 5.69 Å². The second-order valence-corrected chi connectivity index (χ2v) is 5.70. The van der Waals surface area contributed by atoms with Crippen molar-refractivity contribution < 1.29 is 10.2 Å². The van der Waals surface area contributed by atoms with E-state index >= 15 is 0 Å². The number of aromatic nitrogens is 2. The second kappa shape index (κ2) is 5.48. The Morgan fingerprint density at radius 1 is 1.08 bits per heavy atom. The first kappa shape index (κ1) is 14.9. The van der Waals surface area contributed by atoms with Gasteiger partial charge in [0.05, 0.1) is 23.0 Å². The molecule has 0 spiro atoms. The summed E-state index contributed by atoms with van der Waals surface area (Å²) in [6.45, 7) is 0.0927. The number of nitrogens with one attached hydrogen (secondary N) is 2. The highest BCUT2D eigenvalue weighted by atomic mass is 16.3. The highest BCUT2D eigenvalue weighted by Gasteiger charge is 2.31. The van der Waals surface area contributed by atoms with Crippen molar-refractivity contribution in [1.29, 1.82) is 5.41 Å². The maximum Gasteiger partial charge on any atom is 0.259 e. The Bertz CT molecular complexity index is 1080. The first-order valence-corrected chi connectivity index (χ1v) is 7.61. The number of aromatic amines is 1. The number of aromatic hydroxyl groups is 1. The minimum absolute atomic E-state index is 0.0293. The van der Waals surface area contributed by atoms with Gasteiger partial charge in [-0.3, -0.25) is 10.2 Å². The number of aliphatic hydroxyl groups is 1. The van der Waals surface area contributed by atoms with Crippen LogP contribution in [0.15, 0.2) is 59.1 Å². The number of hydrogen-bond acceptors (Lipinski definition) is 5. The number of nitrogens with zero attached hydrogens (tertiary/aromatic N) is 2. The Hall–Kier alpha value is -3.61. The third kappa shape index (κ3) is 2.42. The molecule has 0 saturated carbocycles. The van der Waals surface area contributed by atoms with Gasteiger partial charge in [-0.25, -0.2) is 4.98 Å². The van der Waals surface area contributed by atoms with Crippen molar-refractivity contribution in [3.05, 3.63) is 70.5 Å². The standard InChI is InChI=1S/C18H14N4O3/c19-16-15(14(24)9-22(16)10-5-7-11(23)8-6-10)17-20-13-4-2-1-3-12(13)18(25)21-17/h1-8,19,23-24H,9H2,(H,20,21,25). The van der Waals surface area contributed by atoms with Crippen LogP contribution in [0.4, 0.5) is 5.69 Å². The van der Waals surface area contributed by atoms with Gasteiger partial charge < -0.3 is 20.1 Å². The normalized spacial score (nSPS) is 14.6. The number of phenols is 1. The van der Waals surface area contributed by atoms with E-state index in [1.807, 2.05) is 0 Å². The van der Waals surface area contributed by atoms with E-state index in [1.54, 1.807) is 41.3 Å². The van der Waals surface area contributed by atoms with E-state index in [2.05, 4.69) is 9.97 Å². The number of hydrogen-bond donors (Lipinski definition) is 4. The van der Waals surface area contributed by atoms with Crippen LogP contribution in [0.1, 0.15) is 5.82 Å². The molecule has 7 heteroatoms. The summed E-state index contributed by atoms with van der Waals surface area (Å²) in [5.41, 5.74) is 1.01. The molecule has 0 radical (unpaired) electrons. The summed E-state index contributed by atoms with van der Waals surface area (Å²) in [5.74, 6) is 0.262. The fourth-order valence-corrected chi connectivity index (χ4v) is 2.89. The van der Waals surface area contributed by atoms with E-state index in [0.29, 0.717) is 16.6 Å². The SMILES string of the molecule is N=C1C(c2nc3ccccc3c(=O)[nH]2)=C(O)CN1c1ccc(O)cc1. The number of aliphatic hydroxyl groups excluding tert-OH is 1. The van der Waals surface area contributed by atoms with Crippen LogP contribution in [0.5, 0.6) is 5.75 Å². The average Bonchev–Trinajstić information content (AvgIpc) is 2.90. The summed E-state index contributed by atoms with van der Waals surface area (Å²) in [4.78, 5) is 20.8. The van der Waals surface area contributed by atoms with Gasteiger partial charge in [-0.2, -0.15) is 0 Å². The third-order valence-corrected chi connectivity index (χ3v) is 4.11. The molecule has 0 bridgehead atoms. The molecule has 124 valence electrons. The van der Waals surface area contributed by atoms with Crippen LogP contribution in [0.2, 0.25) is 0 Å². The number of amidine groups is 1. The molecule has 1 aliphatic heterocycles. The monoisotopic (exact) mass is 334 g/mol. The lowest BCUT2D eigenvalue weighted by Crippen LogP contribution is -2.26. The highest BCUT2D eigenvalue weighted by Crippen LogP contribution is 2.30. The summed E-state index contributed by atoms with van der Waals surface area (Å²) < 4.78 is 0. The lowest BCUT2D eigenvalue weighted by molar-refractivity contribution is 0.411. The molecule has 2 heterocycles. The zero-order valence-corrected chi connectivity index (χ0v) is 13.0. The first-order chi connectivity index (χ1) is 12.0. The molecular weight excluding hydrogens is 320 g/mol. The Morgan fingerprint density at radius 3 is 2.56 bits per heavy atom. The number of benzene rings is 2. The van der Waals surface area contributed by atoms with Crippen LogP contribution >= 0.6 is 0 Å². The minimum Gasteiger partial charge on any atom is -0.509 e. The van der Waals surface area contributed by atoms with Crippen LogP contribution in [-0.2, 0) is 0 Å². The molecule has 0 saturated heterocycles. The van der Waals surface area contributed by atoms with Gasteiger partial charge in [0.25, 0.3) is 5.56 Å². The van der Waals surface area contributed by atoms with Gasteiger partial charge >= 0.3 is 0 Å². The maximum atomic E-state index is 12.2. The van der Waals surface area contributed by atoms with E-state index in [0.717, 1.165) is 0 Å². The summed E-state index contributed by atoms with van der Waals surface area (Å²) >= 11 is 0. The minimum atomic E-state index is -0.322. The molecule has 0 fully saturated rings. The maximum absolute atomic E-state index is 12.2. The fourth-order valence-electron chi connectivity index (χ4n) is 2.89. The van der Waals surface area contributed by atoms with Crippen molar-refractivity contribution >= 4 is 28.0 Å². The van der Waals surface area contributed by atoms with E-state index in [-0.39, 0.29) is 40.8 Å². The molecule has 4 N–H and O–H groups in total. The van der Waals surface area contributed by atoms with Crippen LogP contribution in [0.3, 0.4) is 0 Å². The molecule has 7 nitrogen and oxygen atoms in total. The summed E-state index contributed by atoms with van der Waals surface area (Å²) in [6, 6.07) is 13.2. The topological polar surface area (TPSA) is 113 Å². The van der Waals surface area contributed by atoms with Gasteiger partial charge in [0.2, 0.25) is 0 Å². The summed E-state index contributed by atoms with van der Waals surface area (Å²) in [7, 11) is 0. The number of H-pyrrole nitrogens is 1. The van der Waals surface area contributed by atoms with E-state index in [9.17, 15) is 15.0 Å². The number of rotatable bonds is 2. The summed E-state index contributed by atoms with van der Waals surface area (Å²) in [5, 5.41) is 28.6. The van der Waals surface area contributed by atoms with Crippen molar-refractivity contribution in [3.8, 4) is 5.75 Å². The number of fused-ring (bicyclic) bond motifs is 1. The van der Waals surface area contributed by atoms with Gasteiger partial charge in [-0.05, 0) is 36.4 Å². The molecule has 1 aromatic heterocycles. The Morgan fingerprint density at radius 2 is 1.80 bits per heavy atom. The number of phenolic OH excluding ortho intramolecular Hbond substituents is 1. The van der Waals surface area contributed by atoms with E-state index < -0.39 is 0 Å². The van der Waals surface area contributed by atoms with Crippen LogP contribution in [0.25, 0.3) is 16.5 Å². The van der Waals surface area contributed by atoms with Gasteiger partial charge in [-0.15, -0.1) is 0 Å².